The quantitative estimate of drug-likeness (QED) is 0.360. The van der Waals surface area contributed by atoms with E-state index < -0.39 is 5.41 Å². The van der Waals surface area contributed by atoms with Crippen molar-refractivity contribution in [2.24, 2.45) is 5.41 Å². The second-order valence-electron chi connectivity index (χ2n) is 8.93. The third-order valence-corrected chi connectivity index (χ3v) is 5.87. The number of nitrogens with zero attached hydrogens (tertiary/aromatic N) is 2. The van der Waals surface area contributed by atoms with Gasteiger partial charge in [-0.2, -0.15) is 0 Å². The van der Waals surface area contributed by atoms with Gasteiger partial charge >= 0.3 is 0 Å². The number of oxazole rings is 1. The number of aromatic nitrogens is 2. The molecule has 2 N–H and O–H groups in total. The molecule has 4 rings (SSSR count). The number of nitrogens with one attached hydrogen (secondary N) is 2. The molecule has 0 saturated heterocycles. The molecule has 2 aromatic carbocycles. The molecule has 0 spiro atoms. The number of amides is 2. The Balaban J connectivity index is 1.38. The van der Waals surface area contributed by atoms with Crippen LogP contribution in [0.15, 0.2) is 64.4 Å². The van der Waals surface area contributed by atoms with E-state index in [4.69, 9.17) is 4.42 Å². The van der Waals surface area contributed by atoms with E-state index in [9.17, 15) is 9.59 Å². The van der Waals surface area contributed by atoms with Crippen molar-refractivity contribution in [3.63, 3.8) is 0 Å². The van der Waals surface area contributed by atoms with Gasteiger partial charge in [0.25, 0.3) is 0 Å². The molecule has 0 aliphatic carbocycles. The third kappa shape index (κ3) is 5.58. The molecule has 0 bridgehead atoms. The Labute approximate surface area is 202 Å². The molecule has 0 radical (unpaired) electrons. The minimum atomic E-state index is -0.464. The Kier molecular flexibility index (Phi) is 6.61. The summed E-state index contributed by atoms with van der Waals surface area (Å²) in [5.41, 5.74) is 3.37. The summed E-state index contributed by atoms with van der Waals surface area (Å²) in [6, 6.07) is 17.0. The van der Waals surface area contributed by atoms with E-state index in [-0.39, 0.29) is 18.2 Å². The zero-order valence-electron chi connectivity index (χ0n) is 19.5. The van der Waals surface area contributed by atoms with Crippen molar-refractivity contribution in [2.45, 2.75) is 34.1 Å². The van der Waals surface area contributed by atoms with Gasteiger partial charge in [0.15, 0.2) is 5.13 Å². The van der Waals surface area contributed by atoms with Crippen LogP contribution < -0.4 is 10.6 Å². The summed E-state index contributed by atoms with van der Waals surface area (Å²) in [6.07, 6.45) is 0.0965. The standard InChI is InChI=1S/C26H26N4O3S/c1-16-20(28-23(33-16)18-8-6-5-7-9-18)14-22(31)30-25-29-21(15-34-25)17-10-12-19(13-11-17)27-24(32)26(2,3)4/h5-13,15H,14H2,1-4H3,(H,27,32)(H,29,30,31). The number of thiazole rings is 1. The monoisotopic (exact) mass is 474 g/mol. The second-order valence-corrected chi connectivity index (χ2v) is 9.79. The fourth-order valence-electron chi connectivity index (χ4n) is 3.12. The summed E-state index contributed by atoms with van der Waals surface area (Å²) in [5.74, 6) is 0.862. The van der Waals surface area contributed by atoms with E-state index in [1.54, 1.807) is 6.92 Å². The first-order valence-corrected chi connectivity index (χ1v) is 11.8. The van der Waals surface area contributed by atoms with Crippen LogP contribution in [-0.4, -0.2) is 21.8 Å². The van der Waals surface area contributed by atoms with Gasteiger partial charge < -0.3 is 15.1 Å². The van der Waals surface area contributed by atoms with E-state index in [2.05, 4.69) is 20.6 Å². The highest BCUT2D eigenvalue weighted by atomic mass is 32.1. The van der Waals surface area contributed by atoms with Gasteiger partial charge in [-0.05, 0) is 31.2 Å². The lowest BCUT2D eigenvalue weighted by Crippen LogP contribution is -2.27. The Morgan fingerprint density at radius 3 is 2.32 bits per heavy atom. The molecule has 8 heteroatoms. The third-order valence-electron chi connectivity index (χ3n) is 5.11. The SMILES string of the molecule is Cc1oc(-c2ccccc2)nc1CC(=O)Nc1nc(-c2ccc(NC(=O)C(C)(C)C)cc2)cs1. The Morgan fingerprint density at radius 2 is 1.65 bits per heavy atom. The molecule has 0 saturated carbocycles. The zero-order chi connectivity index (χ0) is 24.3. The lowest BCUT2D eigenvalue weighted by molar-refractivity contribution is -0.123. The van der Waals surface area contributed by atoms with Crippen molar-refractivity contribution >= 4 is 34.0 Å². The van der Waals surface area contributed by atoms with E-state index in [0.717, 1.165) is 22.5 Å². The van der Waals surface area contributed by atoms with Crippen molar-refractivity contribution in [1.82, 2.24) is 9.97 Å². The molecular formula is C26H26N4O3S. The first-order chi connectivity index (χ1) is 16.2. The molecule has 0 aliphatic heterocycles. The number of hydrogen-bond acceptors (Lipinski definition) is 6. The van der Waals surface area contributed by atoms with Gasteiger partial charge in [-0.25, -0.2) is 9.97 Å². The van der Waals surface area contributed by atoms with Crippen molar-refractivity contribution in [3.05, 3.63) is 71.4 Å². The van der Waals surface area contributed by atoms with Gasteiger partial charge in [-0.1, -0.05) is 51.1 Å². The minimum absolute atomic E-state index is 0.0443. The van der Waals surface area contributed by atoms with Crippen molar-refractivity contribution in [1.29, 1.82) is 0 Å². The Morgan fingerprint density at radius 1 is 0.941 bits per heavy atom. The molecule has 2 amide bonds. The fourth-order valence-corrected chi connectivity index (χ4v) is 3.85. The van der Waals surface area contributed by atoms with Gasteiger partial charge in [0.05, 0.1) is 17.8 Å². The predicted octanol–water partition coefficient (Wildman–Crippen LogP) is 5.94. The fraction of sp³-hybridized carbons (Fsp3) is 0.231. The van der Waals surface area contributed by atoms with Crippen LogP contribution >= 0.6 is 11.3 Å². The summed E-state index contributed by atoms with van der Waals surface area (Å²) in [7, 11) is 0. The lowest BCUT2D eigenvalue weighted by atomic mass is 9.95. The number of benzene rings is 2. The molecule has 2 heterocycles. The van der Waals surface area contributed by atoms with Gasteiger partial charge in [-0.3, -0.25) is 9.59 Å². The average molecular weight is 475 g/mol. The molecule has 174 valence electrons. The van der Waals surface area contributed by atoms with Crippen LogP contribution in [0.25, 0.3) is 22.7 Å². The van der Waals surface area contributed by atoms with Crippen LogP contribution in [0.4, 0.5) is 10.8 Å². The largest absolute Gasteiger partial charge is 0.441 e. The number of aryl methyl sites for hydroxylation is 1. The summed E-state index contributed by atoms with van der Waals surface area (Å²) in [5, 5.41) is 8.14. The number of carbonyl (C=O) groups excluding carboxylic acids is 2. The summed E-state index contributed by atoms with van der Waals surface area (Å²) in [4.78, 5) is 33.7. The molecule has 7 nitrogen and oxygen atoms in total. The molecule has 34 heavy (non-hydrogen) atoms. The highest BCUT2D eigenvalue weighted by molar-refractivity contribution is 7.14. The Hall–Kier alpha value is -3.78. The lowest BCUT2D eigenvalue weighted by Gasteiger charge is -2.17. The normalized spacial score (nSPS) is 11.3. The number of hydrogen-bond donors (Lipinski definition) is 2. The van der Waals surface area contributed by atoms with E-state index >= 15 is 0 Å². The highest BCUT2D eigenvalue weighted by Gasteiger charge is 2.21. The number of carbonyl (C=O) groups is 2. The van der Waals surface area contributed by atoms with Crippen LogP contribution in [0, 0.1) is 12.3 Å². The van der Waals surface area contributed by atoms with Gasteiger partial charge in [-0.15, -0.1) is 11.3 Å². The maximum absolute atomic E-state index is 12.6. The topological polar surface area (TPSA) is 97.1 Å². The first-order valence-electron chi connectivity index (χ1n) is 10.9. The van der Waals surface area contributed by atoms with Gasteiger partial charge in [0, 0.05) is 27.6 Å². The minimum Gasteiger partial charge on any atom is -0.441 e. The van der Waals surface area contributed by atoms with Gasteiger partial charge in [0.2, 0.25) is 17.7 Å². The van der Waals surface area contributed by atoms with Crippen LogP contribution in [0.2, 0.25) is 0 Å². The van der Waals surface area contributed by atoms with E-state index in [1.165, 1.54) is 11.3 Å². The van der Waals surface area contributed by atoms with Crippen LogP contribution in [0.5, 0.6) is 0 Å². The van der Waals surface area contributed by atoms with Crippen LogP contribution in [0.1, 0.15) is 32.2 Å². The Bertz CT molecular complexity index is 1300. The van der Waals surface area contributed by atoms with Crippen molar-refractivity contribution < 1.29 is 14.0 Å². The maximum Gasteiger partial charge on any atom is 0.232 e. The molecule has 2 aromatic heterocycles. The molecule has 0 unspecified atom stereocenters. The smallest absolute Gasteiger partial charge is 0.232 e. The molecular weight excluding hydrogens is 448 g/mol. The summed E-state index contributed by atoms with van der Waals surface area (Å²) < 4.78 is 5.74. The maximum atomic E-state index is 12.6. The van der Waals surface area contributed by atoms with Crippen molar-refractivity contribution in [3.8, 4) is 22.7 Å². The predicted molar refractivity (Wildman–Crippen MR) is 135 cm³/mol. The van der Waals surface area contributed by atoms with E-state index in [0.29, 0.717) is 22.5 Å². The molecule has 0 atom stereocenters. The summed E-state index contributed by atoms with van der Waals surface area (Å²) >= 11 is 1.35. The molecule has 4 aromatic rings. The summed E-state index contributed by atoms with van der Waals surface area (Å²) in [6.45, 7) is 7.41. The highest BCUT2D eigenvalue weighted by Crippen LogP contribution is 2.27. The van der Waals surface area contributed by atoms with Crippen LogP contribution in [0.3, 0.4) is 0 Å². The van der Waals surface area contributed by atoms with E-state index in [1.807, 2.05) is 80.7 Å². The van der Waals surface area contributed by atoms with Crippen LogP contribution in [-0.2, 0) is 16.0 Å². The van der Waals surface area contributed by atoms with Crippen molar-refractivity contribution in [2.75, 3.05) is 10.6 Å². The number of anilines is 2. The van der Waals surface area contributed by atoms with Gasteiger partial charge in [0.1, 0.15) is 5.76 Å². The second kappa shape index (κ2) is 9.61. The first kappa shape index (κ1) is 23.4. The molecule has 0 fully saturated rings. The zero-order valence-corrected chi connectivity index (χ0v) is 20.3. The average Bonchev–Trinajstić information content (AvgIpc) is 3.41. The number of rotatable bonds is 6. The molecule has 0 aliphatic rings.